The number of pyridine rings is 1. The second-order valence-corrected chi connectivity index (χ2v) is 5.14. The van der Waals surface area contributed by atoms with Crippen LogP contribution >= 0.6 is 11.6 Å². The van der Waals surface area contributed by atoms with Gasteiger partial charge in [-0.1, -0.05) is 29.8 Å². The minimum atomic E-state index is -0.111. The lowest BCUT2D eigenvalue weighted by atomic mass is 10.1. The SMILES string of the molecule is O=C(NCCc1cccc(Cl)c1)c1cccc2nccn12. The van der Waals surface area contributed by atoms with Crippen molar-refractivity contribution in [3.8, 4) is 0 Å². The summed E-state index contributed by atoms with van der Waals surface area (Å²) in [5.41, 5.74) is 2.44. The smallest absolute Gasteiger partial charge is 0.268 e. The number of carbonyl (C=O) groups is 1. The summed E-state index contributed by atoms with van der Waals surface area (Å²) in [6.45, 7) is 0.560. The Morgan fingerprint density at radius 1 is 1.24 bits per heavy atom. The van der Waals surface area contributed by atoms with Gasteiger partial charge < -0.3 is 5.32 Å². The average molecular weight is 300 g/mol. The highest BCUT2D eigenvalue weighted by molar-refractivity contribution is 6.30. The Kier molecular flexibility index (Phi) is 3.88. The highest BCUT2D eigenvalue weighted by Crippen LogP contribution is 2.11. The van der Waals surface area contributed by atoms with E-state index in [2.05, 4.69) is 10.3 Å². The first-order valence-corrected chi connectivity index (χ1v) is 7.06. The maximum atomic E-state index is 12.2. The fourth-order valence-corrected chi connectivity index (χ4v) is 2.45. The van der Waals surface area contributed by atoms with Crippen molar-refractivity contribution < 1.29 is 4.79 Å². The molecule has 0 fully saturated rings. The zero-order chi connectivity index (χ0) is 14.7. The van der Waals surface area contributed by atoms with E-state index in [-0.39, 0.29) is 5.91 Å². The molecule has 106 valence electrons. The summed E-state index contributed by atoms with van der Waals surface area (Å²) in [5, 5.41) is 3.63. The van der Waals surface area contributed by atoms with Gasteiger partial charge in [-0.2, -0.15) is 0 Å². The molecule has 1 amide bonds. The number of rotatable bonds is 4. The monoisotopic (exact) mass is 299 g/mol. The Balaban J connectivity index is 1.65. The van der Waals surface area contributed by atoms with Gasteiger partial charge in [-0.15, -0.1) is 0 Å². The topological polar surface area (TPSA) is 46.4 Å². The van der Waals surface area contributed by atoms with Gasteiger partial charge in [0.25, 0.3) is 5.91 Å². The molecule has 2 heterocycles. The maximum Gasteiger partial charge on any atom is 0.268 e. The summed E-state index contributed by atoms with van der Waals surface area (Å²) in [6.07, 6.45) is 4.20. The lowest BCUT2D eigenvalue weighted by molar-refractivity contribution is 0.0948. The van der Waals surface area contributed by atoms with Crippen LogP contribution in [0.25, 0.3) is 5.65 Å². The number of carbonyl (C=O) groups excluding carboxylic acids is 1. The van der Waals surface area contributed by atoms with Crippen molar-refractivity contribution in [3.05, 3.63) is 71.1 Å². The van der Waals surface area contributed by atoms with E-state index in [1.54, 1.807) is 22.9 Å². The van der Waals surface area contributed by atoms with Crippen LogP contribution in [0.15, 0.2) is 54.9 Å². The van der Waals surface area contributed by atoms with E-state index in [0.717, 1.165) is 17.6 Å². The number of benzene rings is 1. The van der Waals surface area contributed by atoms with Gasteiger partial charge in [0.05, 0.1) is 0 Å². The number of nitrogens with zero attached hydrogens (tertiary/aromatic N) is 2. The molecule has 2 aromatic heterocycles. The number of aromatic nitrogens is 2. The molecule has 0 saturated carbocycles. The molecule has 0 radical (unpaired) electrons. The van der Waals surface area contributed by atoms with Crippen molar-refractivity contribution in [1.82, 2.24) is 14.7 Å². The number of imidazole rings is 1. The third kappa shape index (κ3) is 3.06. The maximum absolute atomic E-state index is 12.2. The fraction of sp³-hybridized carbons (Fsp3) is 0.125. The molecule has 0 saturated heterocycles. The Morgan fingerprint density at radius 3 is 2.95 bits per heavy atom. The molecule has 0 atom stereocenters. The quantitative estimate of drug-likeness (QED) is 0.805. The molecule has 0 spiro atoms. The lowest BCUT2D eigenvalue weighted by Gasteiger charge is -2.07. The summed E-state index contributed by atoms with van der Waals surface area (Å²) >= 11 is 5.94. The molecule has 1 N–H and O–H groups in total. The van der Waals surface area contributed by atoms with Gasteiger partial charge in [0.1, 0.15) is 11.3 Å². The minimum Gasteiger partial charge on any atom is -0.350 e. The van der Waals surface area contributed by atoms with Crippen LogP contribution in [0.4, 0.5) is 0 Å². The van der Waals surface area contributed by atoms with E-state index < -0.39 is 0 Å². The van der Waals surface area contributed by atoms with Crippen molar-refractivity contribution in [3.63, 3.8) is 0 Å². The predicted molar refractivity (Wildman–Crippen MR) is 82.7 cm³/mol. The van der Waals surface area contributed by atoms with Gasteiger partial charge in [0.15, 0.2) is 0 Å². The van der Waals surface area contributed by atoms with E-state index in [1.807, 2.05) is 36.4 Å². The highest BCUT2D eigenvalue weighted by Gasteiger charge is 2.09. The number of amides is 1. The van der Waals surface area contributed by atoms with Gasteiger partial charge >= 0.3 is 0 Å². The first kappa shape index (κ1) is 13.6. The van der Waals surface area contributed by atoms with Crippen molar-refractivity contribution >= 4 is 23.2 Å². The standard InChI is InChI=1S/C16H14ClN3O/c17-13-4-1-3-12(11-13)7-8-19-16(21)14-5-2-6-15-18-9-10-20(14)15/h1-6,9-11H,7-8H2,(H,19,21). The van der Waals surface area contributed by atoms with Crippen LogP contribution in [0, 0.1) is 0 Å². The second kappa shape index (κ2) is 5.97. The number of fused-ring (bicyclic) bond motifs is 1. The average Bonchev–Trinajstić information content (AvgIpc) is 2.95. The Hall–Kier alpha value is -2.33. The van der Waals surface area contributed by atoms with E-state index in [0.29, 0.717) is 17.3 Å². The highest BCUT2D eigenvalue weighted by atomic mass is 35.5. The van der Waals surface area contributed by atoms with Crippen LogP contribution in [-0.2, 0) is 6.42 Å². The number of hydrogen-bond donors (Lipinski definition) is 1. The summed E-state index contributed by atoms with van der Waals surface area (Å²) in [6, 6.07) is 13.1. The van der Waals surface area contributed by atoms with E-state index >= 15 is 0 Å². The van der Waals surface area contributed by atoms with Crippen LogP contribution in [0.3, 0.4) is 0 Å². The van der Waals surface area contributed by atoms with Crippen molar-refractivity contribution in [2.24, 2.45) is 0 Å². The molecule has 0 unspecified atom stereocenters. The van der Waals surface area contributed by atoms with Crippen molar-refractivity contribution in [2.45, 2.75) is 6.42 Å². The van der Waals surface area contributed by atoms with Crippen LogP contribution in [-0.4, -0.2) is 21.8 Å². The summed E-state index contributed by atoms with van der Waals surface area (Å²) in [4.78, 5) is 16.4. The van der Waals surface area contributed by atoms with Crippen LogP contribution in [0.5, 0.6) is 0 Å². The molecule has 1 aromatic carbocycles. The fourth-order valence-electron chi connectivity index (χ4n) is 2.24. The number of halogens is 1. The Bertz CT molecular complexity index is 782. The zero-order valence-corrected chi connectivity index (χ0v) is 12.0. The van der Waals surface area contributed by atoms with E-state index in [1.165, 1.54) is 0 Å². The molecular weight excluding hydrogens is 286 g/mol. The number of nitrogens with one attached hydrogen (secondary N) is 1. The third-order valence-electron chi connectivity index (χ3n) is 3.25. The minimum absolute atomic E-state index is 0.111. The molecule has 0 aliphatic carbocycles. The van der Waals surface area contributed by atoms with Crippen molar-refractivity contribution in [1.29, 1.82) is 0 Å². The predicted octanol–water partition coefficient (Wildman–Crippen LogP) is 2.96. The van der Waals surface area contributed by atoms with Gasteiger partial charge in [-0.05, 0) is 36.2 Å². The van der Waals surface area contributed by atoms with E-state index in [4.69, 9.17) is 11.6 Å². The summed E-state index contributed by atoms with van der Waals surface area (Å²) in [5.74, 6) is -0.111. The molecule has 5 heteroatoms. The lowest BCUT2D eigenvalue weighted by Crippen LogP contribution is -2.27. The molecule has 3 aromatic rings. The number of hydrogen-bond acceptors (Lipinski definition) is 2. The summed E-state index contributed by atoms with van der Waals surface area (Å²) < 4.78 is 1.77. The van der Waals surface area contributed by atoms with Crippen LogP contribution < -0.4 is 5.32 Å². The van der Waals surface area contributed by atoms with Crippen LogP contribution in [0.2, 0.25) is 5.02 Å². The molecule has 21 heavy (non-hydrogen) atoms. The zero-order valence-electron chi connectivity index (χ0n) is 11.3. The van der Waals surface area contributed by atoms with Gasteiger partial charge in [-0.25, -0.2) is 4.98 Å². The van der Waals surface area contributed by atoms with Crippen LogP contribution in [0.1, 0.15) is 16.1 Å². The largest absolute Gasteiger partial charge is 0.350 e. The van der Waals surface area contributed by atoms with Gasteiger partial charge in [-0.3, -0.25) is 9.20 Å². The summed E-state index contributed by atoms with van der Waals surface area (Å²) in [7, 11) is 0. The molecular formula is C16H14ClN3O. The first-order valence-electron chi connectivity index (χ1n) is 6.69. The van der Waals surface area contributed by atoms with E-state index in [9.17, 15) is 4.79 Å². The van der Waals surface area contributed by atoms with Crippen molar-refractivity contribution in [2.75, 3.05) is 6.54 Å². The Labute approximate surface area is 127 Å². The molecule has 0 aliphatic rings. The van der Waals surface area contributed by atoms with Gasteiger partial charge in [0.2, 0.25) is 0 Å². The second-order valence-electron chi connectivity index (χ2n) is 4.70. The first-order chi connectivity index (χ1) is 10.2. The molecule has 0 aliphatic heterocycles. The van der Waals surface area contributed by atoms with Gasteiger partial charge in [0, 0.05) is 24.0 Å². The molecule has 3 rings (SSSR count). The Morgan fingerprint density at radius 2 is 2.10 bits per heavy atom. The third-order valence-corrected chi connectivity index (χ3v) is 3.48. The molecule has 0 bridgehead atoms. The molecule has 4 nitrogen and oxygen atoms in total. The normalized spacial score (nSPS) is 10.7.